The van der Waals surface area contributed by atoms with Crippen LogP contribution in [0, 0.1) is 0 Å². The normalized spacial score (nSPS) is 16.5. The molecule has 6 nitrogen and oxygen atoms in total. The molecule has 0 aromatic rings. The van der Waals surface area contributed by atoms with Gasteiger partial charge in [-0.05, 0) is 13.3 Å². The van der Waals surface area contributed by atoms with E-state index in [0.29, 0.717) is 6.29 Å². The Bertz CT molecular complexity index is 211. The molecule has 0 aliphatic rings. The number of aldehydes is 1. The summed E-state index contributed by atoms with van der Waals surface area (Å²) in [7, 11) is 1.30. The van der Waals surface area contributed by atoms with Crippen LogP contribution in [-0.4, -0.2) is 36.5 Å². The van der Waals surface area contributed by atoms with Gasteiger partial charge in [0, 0.05) is 20.5 Å². The van der Waals surface area contributed by atoms with Crippen LogP contribution in [0.15, 0.2) is 0 Å². The van der Waals surface area contributed by atoms with Gasteiger partial charge in [-0.1, -0.05) is 0 Å². The first-order chi connectivity index (χ1) is 7.00. The van der Waals surface area contributed by atoms with Crippen LogP contribution < -0.4 is 0 Å². The molecule has 0 heterocycles. The second-order valence-electron chi connectivity index (χ2n) is 3.15. The van der Waals surface area contributed by atoms with E-state index >= 15 is 0 Å². The fourth-order valence-corrected chi connectivity index (χ4v) is 1.08. The van der Waals surface area contributed by atoms with Crippen LogP contribution in [0.3, 0.4) is 0 Å². The smallest absolute Gasteiger partial charge is 0.303 e. The Morgan fingerprint density at radius 3 is 2.53 bits per heavy atom. The lowest BCUT2D eigenvalue weighted by molar-refractivity contribution is -0.414. The number of methoxy groups -OCH3 is 1. The first-order valence-corrected chi connectivity index (χ1v) is 4.48. The average molecular weight is 220 g/mol. The summed E-state index contributed by atoms with van der Waals surface area (Å²) in [6.07, 6.45) is 0.244. The van der Waals surface area contributed by atoms with Gasteiger partial charge in [-0.15, -0.1) is 0 Å². The van der Waals surface area contributed by atoms with Crippen LogP contribution in [0.4, 0.5) is 0 Å². The van der Waals surface area contributed by atoms with Gasteiger partial charge in [0.1, 0.15) is 6.29 Å². The highest BCUT2D eigenvalue weighted by atomic mass is 17.1. The lowest BCUT2D eigenvalue weighted by Crippen LogP contribution is -2.45. The van der Waals surface area contributed by atoms with Crippen LogP contribution in [0.2, 0.25) is 0 Å². The first-order valence-electron chi connectivity index (χ1n) is 4.48. The number of hydrogen-bond donors (Lipinski definition) is 1. The van der Waals surface area contributed by atoms with Gasteiger partial charge < -0.3 is 14.3 Å². The van der Waals surface area contributed by atoms with Crippen molar-refractivity contribution in [2.75, 3.05) is 7.11 Å². The molecule has 2 atom stereocenters. The summed E-state index contributed by atoms with van der Waals surface area (Å²) in [6.45, 7) is 2.63. The maximum atomic E-state index is 10.8. The molecule has 0 amide bonds. The van der Waals surface area contributed by atoms with Gasteiger partial charge in [0.25, 0.3) is 0 Å². The zero-order valence-corrected chi connectivity index (χ0v) is 9.06. The second kappa shape index (κ2) is 6.49. The topological polar surface area (TPSA) is 82.1 Å². The molecule has 0 saturated carbocycles. The van der Waals surface area contributed by atoms with Gasteiger partial charge in [-0.25, -0.2) is 5.26 Å². The molecular formula is C9H16O6. The van der Waals surface area contributed by atoms with Gasteiger partial charge in [-0.3, -0.25) is 4.79 Å². The highest BCUT2D eigenvalue weighted by Gasteiger charge is 2.38. The van der Waals surface area contributed by atoms with Crippen molar-refractivity contribution in [3.8, 4) is 0 Å². The second-order valence-corrected chi connectivity index (χ2v) is 3.15. The van der Waals surface area contributed by atoms with E-state index in [1.54, 1.807) is 0 Å². The third-order valence-electron chi connectivity index (χ3n) is 2.03. The fraction of sp³-hybridized carbons (Fsp3) is 0.778. The molecule has 0 rings (SSSR count). The highest BCUT2D eigenvalue weighted by Crippen LogP contribution is 2.22. The van der Waals surface area contributed by atoms with Crippen molar-refractivity contribution < 1.29 is 29.2 Å². The van der Waals surface area contributed by atoms with Crippen molar-refractivity contribution in [3.63, 3.8) is 0 Å². The van der Waals surface area contributed by atoms with E-state index in [1.165, 1.54) is 21.0 Å². The number of rotatable bonds is 7. The van der Waals surface area contributed by atoms with Crippen LogP contribution in [0.5, 0.6) is 0 Å². The molecule has 88 valence electrons. The van der Waals surface area contributed by atoms with Gasteiger partial charge >= 0.3 is 5.97 Å². The number of hydrogen-bond acceptors (Lipinski definition) is 6. The summed E-state index contributed by atoms with van der Waals surface area (Å²) >= 11 is 0. The summed E-state index contributed by atoms with van der Waals surface area (Å²) in [5.74, 6) is -2.00. The summed E-state index contributed by atoms with van der Waals surface area (Å²) in [5.41, 5.74) is 0. The van der Waals surface area contributed by atoms with Gasteiger partial charge in [-0.2, -0.15) is 4.89 Å². The number of carbonyl (C=O) groups excluding carboxylic acids is 2. The average Bonchev–Trinajstić information content (AvgIpc) is 2.22. The maximum absolute atomic E-state index is 10.8. The van der Waals surface area contributed by atoms with Gasteiger partial charge in [0.2, 0.25) is 5.79 Å². The number of carbonyl (C=O) groups is 2. The number of ether oxygens (including phenoxy) is 2. The summed E-state index contributed by atoms with van der Waals surface area (Å²) in [6, 6.07) is 0. The molecule has 0 aliphatic heterocycles. The summed E-state index contributed by atoms with van der Waals surface area (Å²) in [5, 5.41) is 8.66. The van der Waals surface area contributed by atoms with E-state index in [9.17, 15) is 9.59 Å². The minimum Gasteiger partial charge on any atom is -0.457 e. The predicted molar refractivity (Wildman–Crippen MR) is 50.0 cm³/mol. The molecule has 0 spiro atoms. The third kappa shape index (κ3) is 4.37. The molecule has 2 unspecified atom stereocenters. The largest absolute Gasteiger partial charge is 0.457 e. The Balaban J connectivity index is 4.56. The minimum absolute atomic E-state index is 0.181. The molecule has 0 aromatic heterocycles. The van der Waals surface area contributed by atoms with Crippen molar-refractivity contribution in [2.45, 2.75) is 38.6 Å². The summed E-state index contributed by atoms with van der Waals surface area (Å²) < 4.78 is 9.77. The molecular weight excluding hydrogens is 204 g/mol. The Labute approximate surface area is 88.0 Å². The molecule has 1 N–H and O–H groups in total. The van der Waals surface area contributed by atoms with E-state index in [4.69, 9.17) is 14.7 Å². The molecule has 6 heteroatoms. The van der Waals surface area contributed by atoms with Crippen LogP contribution >= 0.6 is 0 Å². The molecule has 0 radical (unpaired) electrons. The molecule has 0 saturated heterocycles. The third-order valence-corrected chi connectivity index (χ3v) is 2.03. The Kier molecular flexibility index (Phi) is 6.07. The van der Waals surface area contributed by atoms with Crippen molar-refractivity contribution in [3.05, 3.63) is 0 Å². The standard InChI is InChI=1S/C9H16O6/c1-7(11)14-8(5-4-6-10)9(2,13-3)15-12/h6,8,12H,4-5H2,1-3H3. The van der Waals surface area contributed by atoms with Crippen molar-refractivity contribution in [1.82, 2.24) is 0 Å². The SMILES string of the molecule is COC(C)(OO)C(CCC=O)OC(C)=O. The zero-order chi connectivity index (χ0) is 11.9. The van der Waals surface area contributed by atoms with Gasteiger partial charge in [0.15, 0.2) is 6.10 Å². The van der Waals surface area contributed by atoms with Crippen LogP contribution in [0.1, 0.15) is 26.7 Å². The molecule has 0 aliphatic carbocycles. The monoisotopic (exact) mass is 220 g/mol. The lowest BCUT2D eigenvalue weighted by atomic mass is 10.1. The molecule has 15 heavy (non-hydrogen) atoms. The minimum atomic E-state index is -1.46. The maximum Gasteiger partial charge on any atom is 0.303 e. The zero-order valence-electron chi connectivity index (χ0n) is 9.06. The van der Waals surface area contributed by atoms with E-state index in [-0.39, 0.29) is 12.8 Å². The molecule has 0 aromatic carbocycles. The summed E-state index contributed by atoms with van der Waals surface area (Å²) in [4.78, 5) is 25.1. The van der Waals surface area contributed by atoms with Crippen LogP contribution in [0.25, 0.3) is 0 Å². The van der Waals surface area contributed by atoms with E-state index in [0.717, 1.165) is 0 Å². The molecule has 0 fully saturated rings. The van der Waals surface area contributed by atoms with E-state index < -0.39 is 17.9 Å². The van der Waals surface area contributed by atoms with Crippen molar-refractivity contribution in [2.24, 2.45) is 0 Å². The fourth-order valence-electron chi connectivity index (χ4n) is 1.08. The Morgan fingerprint density at radius 1 is 1.60 bits per heavy atom. The Hall–Kier alpha value is -0.980. The number of esters is 1. The van der Waals surface area contributed by atoms with E-state index in [2.05, 4.69) is 4.89 Å². The van der Waals surface area contributed by atoms with Crippen molar-refractivity contribution in [1.29, 1.82) is 0 Å². The van der Waals surface area contributed by atoms with Crippen molar-refractivity contribution >= 4 is 12.3 Å². The quantitative estimate of drug-likeness (QED) is 0.224. The van der Waals surface area contributed by atoms with Crippen LogP contribution in [-0.2, 0) is 24.0 Å². The van der Waals surface area contributed by atoms with E-state index in [1.807, 2.05) is 0 Å². The first kappa shape index (κ1) is 14.0. The van der Waals surface area contributed by atoms with Gasteiger partial charge in [0.05, 0.1) is 0 Å². The molecule has 0 bridgehead atoms. The lowest BCUT2D eigenvalue weighted by Gasteiger charge is -2.31. The predicted octanol–water partition coefficient (Wildman–Crippen LogP) is 0.749. The Morgan fingerprint density at radius 2 is 2.20 bits per heavy atom. The highest BCUT2D eigenvalue weighted by molar-refractivity contribution is 5.66.